The summed E-state index contributed by atoms with van der Waals surface area (Å²) in [5.41, 5.74) is 1.14. The minimum absolute atomic E-state index is 0.0742. The van der Waals surface area contributed by atoms with Gasteiger partial charge in [0.15, 0.2) is 0 Å². The molecule has 0 radical (unpaired) electrons. The fourth-order valence-corrected chi connectivity index (χ4v) is 1.87. The second-order valence-electron chi connectivity index (χ2n) is 4.19. The summed E-state index contributed by atoms with van der Waals surface area (Å²) in [7, 11) is 3.56. The highest BCUT2D eigenvalue weighted by molar-refractivity contribution is 5.79. The van der Waals surface area contributed by atoms with Crippen LogP contribution in [0.3, 0.4) is 0 Å². The number of carbonyl (C=O) groups is 1. The molecule has 0 saturated heterocycles. The Hall–Kier alpha value is -1.57. The summed E-state index contributed by atoms with van der Waals surface area (Å²) in [4.78, 5) is 13.5. The van der Waals surface area contributed by atoms with E-state index in [1.807, 2.05) is 43.3 Å². The zero-order valence-corrected chi connectivity index (χ0v) is 10.2. The first kappa shape index (κ1) is 12.5. The molecular weight excluding hydrogens is 198 g/mol. The van der Waals surface area contributed by atoms with Crippen molar-refractivity contribution in [3.05, 3.63) is 48.6 Å². The molecule has 1 aromatic rings. The first-order valence-corrected chi connectivity index (χ1v) is 5.46. The van der Waals surface area contributed by atoms with Gasteiger partial charge in [-0.05, 0) is 5.56 Å². The molecule has 0 aliphatic heterocycles. The third-order valence-electron chi connectivity index (χ3n) is 2.81. The smallest absolute Gasteiger partial charge is 0.225 e. The van der Waals surface area contributed by atoms with Crippen molar-refractivity contribution in [2.75, 3.05) is 14.1 Å². The van der Waals surface area contributed by atoms with Crippen molar-refractivity contribution < 1.29 is 4.79 Å². The third-order valence-corrected chi connectivity index (χ3v) is 2.81. The van der Waals surface area contributed by atoms with E-state index >= 15 is 0 Å². The van der Waals surface area contributed by atoms with Crippen molar-refractivity contribution in [3.8, 4) is 0 Å². The van der Waals surface area contributed by atoms with Gasteiger partial charge in [-0.2, -0.15) is 0 Å². The molecule has 2 atom stereocenters. The summed E-state index contributed by atoms with van der Waals surface area (Å²) in [6, 6.07) is 10.0. The molecule has 0 N–H and O–H groups in total. The summed E-state index contributed by atoms with van der Waals surface area (Å²) in [5, 5.41) is 0. The van der Waals surface area contributed by atoms with Crippen LogP contribution >= 0.6 is 0 Å². The van der Waals surface area contributed by atoms with E-state index in [4.69, 9.17) is 0 Å². The summed E-state index contributed by atoms with van der Waals surface area (Å²) in [6.07, 6.45) is 1.85. The highest BCUT2D eigenvalue weighted by atomic mass is 16.2. The van der Waals surface area contributed by atoms with E-state index in [2.05, 4.69) is 6.58 Å². The summed E-state index contributed by atoms with van der Waals surface area (Å²) in [6.45, 7) is 5.78. The quantitative estimate of drug-likeness (QED) is 0.710. The zero-order chi connectivity index (χ0) is 12.1. The van der Waals surface area contributed by atoms with Crippen LogP contribution in [0.1, 0.15) is 18.4 Å². The van der Waals surface area contributed by atoms with Crippen molar-refractivity contribution in [1.29, 1.82) is 0 Å². The maximum absolute atomic E-state index is 11.9. The van der Waals surface area contributed by atoms with E-state index < -0.39 is 0 Å². The number of rotatable bonds is 4. The first-order chi connectivity index (χ1) is 7.57. The maximum atomic E-state index is 11.9. The van der Waals surface area contributed by atoms with Gasteiger partial charge in [0, 0.05) is 25.9 Å². The van der Waals surface area contributed by atoms with Gasteiger partial charge >= 0.3 is 0 Å². The van der Waals surface area contributed by atoms with Crippen molar-refractivity contribution >= 4 is 5.91 Å². The number of hydrogen-bond acceptors (Lipinski definition) is 1. The van der Waals surface area contributed by atoms with Crippen LogP contribution in [-0.4, -0.2) is 24.9 Å². The lowest BCUT2D eigenvalue weighted by atomic mass is 9.86. The number of allylic oxidation sites excluding steroid dienone is 1. The Balaban J connectivity index is 2.91. The molecule has 0 aliphatic rings. The fraction of sp³-hybridized carbons (Fsp3) is 0.357. The number of carbonyl (C=O) groups excluding carboxylic acids is 1. The standard InChI is InChI=1S/C14H19NO/c1-5-13(11(2)14(16)15(3)4)12-9-7-6-8-10-12/h5-11,13H,1H2,2-4H3. The molecule has 0 bridgehead atoms. The predicted molar refractivity (Wildman–Crippen MR) is 67.2 cm³/mol. The Bertz CT molecular complexity index is 356. The van der Waals surface area contributed by atoms with Crippen LogP contribution in [0.5, 0.6) is 0 Å². The molecule has 2 unspecified atom stereocenters. The number of nitrogens with zero attached hydrogens (tertiary/aromatic N) is 1. The SMILES string of the molecule is C=CC(c1ccccc1)C(C)C(=O)N(C)C. The molecule has 0 aromatic heterocycles. The van der Waals surface area contributed by atoms with Crippen LogP contribution in [0.25, 0.3) is 0 Å². The first-order valence-electron chi connectivity index (χ1n) is 5.46. The van der Waals surface area contributed by atoms with Gasteiger partial charge in [-0.25, -0.2) is 0 Å². The maximum Gasteiger partial charge on any atom is 0.225 e. The highest BCUT2D eigenvalue weighted by Gasteiger charge is 2.23. The van der Waals surface area contributed by atoms with E-state index in [0.717, 1.165) is 5.56 Å². The lowest BCUT2D eigenvalue weighted by Gasteiger charge is -2.23. The van der Waals surface area contributed by atoms with E-state index in [9.17, 15) is 4.79 Å². The molecule has 1 rings (SSSR count). The molecule has 1 amide bonds. The highest BCUT2D eigenvalue weighted by Crippen LogP contribution is 2.26. The van der Waals surface area contributed by atoms with Crippen LogP contribution in [0.15, 0.2) is 43.0 Å². The Morgan fingerprint density at radius 3 is 2.31 bits per heavy atom. The van der Waals surface area contributed by atoms with Gasteiger partial charge < -0.3 is 4.90 Å². The molecule has 86 valence electrons. The monoisotopic (exact) mass is 217 g/mol. The van der Waals surface area contributed by atoms with Crippen molar-refractivity contribution in [3.63, 3.8) is 0 Å². The molecular formula is C14H19NO. The minimum atomic E-state index is -0.0742. The van der Waals surface area contributed by atoms with Gasteiger partial charge in [-0.1, -0.05) is 43.3 Å². The van der Waals surface area contributed by atoms with Crippen molar-refractivity contribution in [2.24, 2.45) is 5.92 Å². The van der Waals surface area contributed by atoms with Crippen LogP contribution < -0.4 is 0 Å². The largest absolute Gasteiger partial charge is 0.349 e. The van der Waals surface area contributed by atoms with E-state index in [1.165, 1.54) is 0 Å². The number of amides is 1. The van der Waals surface area contributed by atoms with Crippen LogP contribution in [0.4, 0.5) is 0 Å². The van der Waals surface area contributed by atoms with E-state index in [-0.39, 0.29) is 17.7 Å². The van der Waals surface area contributed by atoms with Gasteiger partial charge in [0.2, 0.25) is 5.91 Å². The Kier molecular flexibility index (Phi) is 4.29. The Labute approximate surface area is 97.6 Å². The Morgan fingerprint density at radius 2 is 1.88 bits per heavy atom. The second kappa shape index (κ2) is 5.50. The molecule has 2 heteroatoms. The number of hydrogen-bond donors (Lipinski definition) is 0. The lowest BCUT2D eigenvalue weighted by molar-refractivity contribution is -0.132. The average molecular weight is 217 g/mol. The van der Waals surface area contributed by atoms with E-state index in [1.54, 1.807) is 19.0 Å². The molecule has 0 saturated carbocycles. The van der Waals surface area contributed by atoms with Gasteiger partial charge in [-0.15, -0.1) is 6.58 Å². The third kappa shape index (κ3) is 2.72. The summed E-state index contributed by atoms with van der Waals surface area (Å²) >= 11 is 0. The van der Waals surface area contributed by atoms with Crippen LogP contribution in [0.2, 0.25) is 0 Å². The molecule has 1 aromatic carbocycles. The van der Waals surface area contributed by atoms with Gasteiger partial charge in [0.1, 0.15) is 0 Å². The van der Waals surface area contributed by atoms with Gasteiger partial charge in [0.25, 0.3) is 0 Å². The average Bonchev–Trinajstić information content (AvgIpc) is 2.30. The van der Waals surface area contributed by atoms with Gasteiger partial charge in [0.05, 0.1) is 0 Å². The Morgan fingerprint density at radius 1 is 1.31 bits per heavy atom. The molecule has 0 fully saturated rings. The molecule has 0 heterocycles. The minimum Gasteiger partial charge on any atom is -0.349 e. The van der Waals surface area contributed by atoms with E-state index in [0.29, 0.717) is 0 Å². The van der Waals surface area contributed by atoms with Gasteiger partial charge in [-0.3, -0.25) is 4.79 Å². The molecule has 2 nitrogen and oxygen atoms in total. The molecule has 16 heavy (non-hydrogen) atoms. The van der Waals surface area contributed by atoms with Crippen LogP contribution in [-0.2, 0) is 4.79 Å². The molecule has 0 spiro atoms. The lowest BCUT2D eigenvalue weighted by Crippen LogP contribution is -2.31. The normalized spacial score (nSPS) is 13.9. The fourth-order valence-electron chi connectivity index (χ4n) is 1.87. The number of benzene rings is 1. The zero-order valence-electron chi connectivity index (χ0n) is 10.2. The molecule has 0 aliphatic carbocycles. The van der Waals surface area contributed by atoms with Crippen LogP contribution in [0, 0.1) is 5.92 Å². The van der Waals surface area contributed by atoms with Crippen molar-refractivity contribution in [1.82, 2.24) is 4.90 Å². The second-order valence-corrected chi connectivity index (χ2v) is 4.19. The summed E-state index contributed by atoms with van der Waals surface area (Å²) < 4.78 is 0. The topological polar surface area (TPSA) is 20.3 Å². The summed E-state index contributed by atoms with van der Waals surface area (Å²) in [5.74, 6) is 0.139. The van der Waals surface area contributed by atoms with Crippen molar-refractivity contribution in [2.45, 2.75) is 12.8 Å². The predicted octanol–water partition coefficient (Wildman–Crippen LogP) is 2.68.